The Hall–Kier alpha value is -3.95. The minimum atomic E-state index is -0.438. The van der Waals surface area contributed by atoms with Gasteiger partial charge in [-0.2, -0.15) is 4.98 Å². The van der Waals surface area contributed by atoms with Crippen LogP contribution in [0.1, 0.15) is 31.6 Å². The number of carbonyl (C=O) groups excluding carboxylic acids is 2. The first kappa shape index (κ1) is 20.9. The number of amides is 2. The zero-order chi connectivity index (χ0) is 22.8. The van der Waals surface area contributed by atoms with Gasteiger partial charge in [0.05, 0.1) is 5.69 Å². The van der Waals surface area contributed by atoms with Gasteiger partial charge >= 0.3 is 12.0 Å². The number of benzene rings is 1. The third kappa shape index (κ3) is 4.79. The monoisotopic (exact) mass is 448 g/mol. The van der Waals surface area contributed by atoms with Gasteiger partial charge in [-0.25, -0.2) is 9.78 Å². The summed E-state index contributed by atoms with van der Waals surface area (Å²) in [5.74, 6) is 2.41. The van der Waals surface area contributed by atoms with Gasteiger partial charge in [-0.1, -0.05) is 17.3 Å². The average molecular weight is 448 g/mol. The van der Waals surface area contributed by atoms with E-state index in [0.717, 1.165) is 24.2 Å². The van der Waals surface area contributed by atoms with Crippen molar-refractivity contribution in [2.75, 3.05) is 36.4 Å². The molecule has 1 N–H and O–H groups in total. The van der Waals surface area contributed by atoms with Crippen LogP contribution in [0.15, 0.2) is 47.1 Å². The molecule has 0 unspecified atom stereocenters. The van der Waals surface area contributed by atoms with Gasteiger partial charge in [-0.05, 0) is 37.1 Å². The van der Waals surface area contributed by atoms with Crippen molar-refractivity contribution in [3.05, 3.63) is 48.5 Å². The Morgan fingerprint density at radius 3 is 2.58 bits per heavy atom. The van der Waals surface area contributed by atoms with E-state index >= 15 is 0 Å². The van der Waals surface area contributed by atoms with E-state index in [0.29, 0.717) is 55.2 Å². The van der Waals surface area contributed by atoms with E-state index < -0.39 is 5.97 Å². The smallest absolute Gasteiger partial charge is 0.322 e. The van der Waals surface area contributed by atoms with Gasteiger partial charge in [0, 0.05) is 50.8 Å². The van der Waals surface area contributed by atoms with Gasteiger partial charge < -0.3 is 24.4 Å². The molecule has 0 bridgehead atoms. The first-order valence-corrected chi connectivity index (χ1v) is 10.9. The van der Waals surface area contributed by atoms with E-state index in [-0.39, 0.29) is 6.03 Å². The van der Waals surface area contributed by atoms with Gasteiger partial charge in [-0.3, -0.25) is 4.79 Å². The van der Waals surface area contributed by atoms with E-state index in [9.17, 15) is 9.59 Å². The molecule has 10 heteroatoms. The lowest BCUT2D eigenvalue weighted by atomic mass is 10.2. The first-order valence-electron chi connectivity index (χ1n) is 10.9. The molecule has 2 aromatic heterocycles. The Bertz CT molecular complexity index is 1150. The van der Waals surface area contributed by atoms with Crippen molar-refractivity contribution in [1.29, 1.82) is 0 Å². The molecule has 5 rings (SSSR count). The van der Waals surface area contributed by atoms with Crippen LogP contribution in [0.3, 0.4) is 0 Å². The summed E-state index contributed by atoms with van der Waals surface area (Å²) in [5, 5.41) is 6.89. The number of piperazine rings is 1. The van der Waals surface area contributed by atoms with E-state index in [4.69, 9.17) is 9.26 Å². The largest absolute Gasteiger partial charge is 0.424 e. The van der Waals surface area contributed by atoms with Crippen molar-refractivity contribution < 1.29 is 18.8 Å². The Kier molecular flexibility index (Phi) is 5.64. The average Bonchev–Trinajstić information content (AvgIpc) is 3.57. The molecule has 0 spiro atoms. The fourth-order valence-corrected chi connectivity index (χ4v) is 3.70. The number of esters is 1. The number of rotatable bonds is 5. The molecule has 1 aliphatic carbocycles. The molecule has 170 valence electrons. The number of hydrogen-bond acceptors (Lipinski definition) is 8. The van der Waals surface area contributed by atoms with Crippen LogP contribution in [0.5, 0.6) is 5.75 Å². The number of anilines is 2. The molecule has 1 saturated carbocycles. The maximum atomic E-state index is 12.7. The molecule has 33 heavy (non-hydrogen) atoms. The van der Waals surface area contributed by atoms with E-state index in [1.165, 1.54) is 6.92 Å². The lowest BCUT2D eigenvalue weighted by Crippen LogP contribution is -2.50. The highest BCUT2D eigenvalue weighted by Gasteiger charge is 2.30. The summed E-state index contributed by atoms with van der Waals surface area (Å²) in [5.41, 5.74) is 1.28. The summed E-state index contributed by atoms with van der Waals surface area (Å²) < 4.78 is 10.5. The third-order valence-corrected chi connectivity index (χ3v) is 5.65. The summed E-state index contributed by atoms with van der Waals surface area (Å²) in [7, 11) is 0. The van der Waals surface area contributed by atoms with Crippen LogP contribution >= 0.6 is 0 Å². The maximum absolute atomic E-state index is 12.7. The molecule has 10 nitrogen and oxygen atoms in total. The predicted octanol–water partition coefficient (Wildman–Crippen LogP) is 3.29. The Morgan fingerprint density at radius 2 is 1.88 bits per heavy atom. The third-order valence-electron chi connectivity index (χ3n) is 5.65. The lowest BCUT2D eigenvalue weighted by molar-refractivity contribution is -0.131. The van der Waals surface area contributed by atoms with Crippen molar-refractivity contribution in [1.82, 2.24) is 20.0 Å². The standard InChI is InChI=1S/C23H24N6O4/c1-15(30)32-19-5-3-2-4-18(19)25-23(31)29-12-10-28(11-13-29)20-9-8-17(14-24-20)21-26-22(33-27-21)16-6-7-16/h2-5,8-9,14,16H,6-7,10-13H2,1H3,(H,25,31). The number of nitrogens with zero attached hydrogens (tertiary/aromatic N) is 5. The zero-order valence-corrected chi connectivity index (χ0v) is 18.2. The lowest BCUT2D eigenvalue weighted by Gasteiger charge is -2.35. The van der Waals surface area contributed by atoms with Gasteiger partial charge in [-0.15, -0.1) is 0 Å². The number of para-hydroxylation sites is 2. The molecule has 3 heterocycles. The van der Waals surface area contributed by atoms with Crippen LogP contribution in [0.2, 0.25) is 0 Å². The number of ether oxygens (including phenoxy) is 1. The first-order chi connectivity index (χ1) is 16.1. The Morgan fingerprint density at radius 1 is 1.09 bits per heavy atom. The van der Waals surface area contributed by atoms with E-state index in [2.05, 4.69) is 25.3 Å². The number of carbonyl (C=O) groups is 2. The second kappa shape index (κ2) is 8.89. The summed E-state index contributed by atoms with van der Waals surface area (Å²) in [4.78, 5) is 36.9. The minimum Gasteiger partial charge on any atom is -0.424 e. The summed E-state index contributed by atoms with van der Waals surface area (Å²) in [6.45, 7) is 3.71. The quantitative estimate of drug-likeness (QED) is 0.467. The van der Waals surface area contributed by atoms with Crippen molar-refractivity contribution in [3.8, 4) is 17.1 Å². The second-order valence-electron chi connectivity index (χ2n) is 8.13. The fourth-order valence-electron chi connectivity index (χ4n) is 3.70. The van der Waals surface area contributed by atoms with Crippen molar-refractivity contribution in [2.45, 2.75) is 25.7 Å². The van der Waals surface area contributed by atoms with Crippen LogP contribution < -0.4 is 15.0 Å². The molecular formula is C23H24N6O4. The number of pyridine rings is 1. The van der Waals surface area contributed by atoms with E-state index in [1.54, 1.807) is 35.4 Å². The van der Waals surface area contributed by atoms with Gasteiger partial charge in [0.15, 0.2) is 5.75 Å². The van der Waals surface area contributed by atoms with Crippen LogP contribution in [-0.4, -0.2) is 58.2 Å². The second-order valence-corrected chi connectivity index (χ2v) is 8.13. The van der Waals surface area contributed by atoms with Crippen molar-refractivity contribution >= 4 is 23.5 Å². The fraction of sp³-hybridized carbons (Fsp3) is 0.348. The van der Waals surface area contributed by atoms with Gasteiger partial charge in [0.2, 0.25) is 11.7 Å². The van der Waals surface area contributed by atoms with Crippen molar-refractivity contribution in [3.63, 3.8) is 0 Å². The highest BCUT2D eigenvalue weighted by atomic mass is 16.5. The summed E-state index contributed by atoms with van der Waals surface area (Å²) in [6.07, 6.45) is 3.98. The van der Waals surface area contributed by atoms with Crippen LogP contribution in [0.25, 0.3) is 11.4 Å². The predicted molar refractivity (Wildman–Crippen MR) is 120 cm³/mol. The molecule has 2 aliphatic rings. The Labute approximate surface area is 190 Å². The number of nitrogens with one attached hydrogen (secondary N) is 1. The van der Waals surface area contributed by atoms with E-state index in [1.807, 2.05) is 12.1 Å². The molecular weight excluding hydrogens is 424 g/mol. The maximum Gasteiger partial charge on any atom is 0.322 e. The highest BCUT2D eigenvalue weighted by molar-refractivity contribution is 5.91. The molecule has 3 aromatic rings. The molecule has 0 atom stereocenters. The van der Waals surface area contributed by atoms with Crippen LogP contribution in [0, 0.1) is 0 Å². The molecule has 1 aromatic carbocycles. The number of hydrogen-bond donors (Lipinski definition) is 1. The molecule has 1 aliphatic heterocycles. The molecule has 0 radical (unpaired) electrons. The van der Waals surface area contributed by atoms with Gasteiger partial charge in [0.1, 0.15) is 5.82 Å². The Balaban J connectivity index is 1.17. The highest BCUT2D eigenvalue weighted by Crippen LogP contribution is 2.39. The molecule has 2 fully saturated rings. The normalized spacial score (nSPS) is 15.9. The van der Waals surface area contributed by atoms with Gasteiger partial charge in [0.25, 0.3) is 0 Å². The number of aromatic nitrogens is 3. The molecule has 1 saturated heterocycles. The summed E-state index contributed by atoms with van der Waals surface area (Å²) in [6, 6.07) is 10.5. The van der Waals surface area contributed by atoms with Crippen LogP contribution in [-0.2, 0) is 4.79 Å². The summed E-state index contributed by atoms with van der Waals surface area (Å²) >= 11 is 0. The zero-order valence-electron chi connectivity index (χ0n) is 18.2. The minimum absolute atomic E-state index is 0.235. The topological polar surface area (TPSA) is 114 Å². The molecule has 2 amide bonds. The van der Waals surface area contributed by atoms with Crippen molar-refractivity contribution in [2.24, 2.45) is 0 Å². The SMILES string of the molecule is CC(=O)Oc1ccccc1NC(=O)N1CCN(c2ccc(-c3noc(C4CC4)n3)cn2)CC1. The number of urea groups is 1. The van der Waals surface area contributed by atoms with Crippen LogP contribution in [0.4, 0.5) is 16.3 Å².